The third-order valence-corrected chi connectivity index (χ3v) is 3.73. The molecule has 6 N–H and O–H groups in total. The second-order valence-corrected chi connectivity index (χ2v) is 7.13. The maximum atomic E-state index is 9.98. The van der Waals surface area contributed by atoms with Gasteiger partial charge in [-0.3, -0.25) is 9.32 Å². The molecule has 0 aromatic heterocycles. The van der Waals surface area contributed by atoms with E-state index in [0.717, 1.165) is 26.1 Å². The fourth-order valence-corrected chi connectivity index (χ4v) is 2.03. The van der Waals surface area contributed by atoms with Crippen LogP contribution in [0.3, 0.4) is 0 Å². The van der Waals surface area contributed by atoms with E-state index >= 15 is 0 Å². The number of aliphatic hydroxyl groups is 1. The van der Waals surface area contributed by atoms with Crippen molar-refractivity contribution in [3.63, 3.8) is 0 Å². The van der Waals surface area contributed by atoms with Crippen molar-refractivity contribution >= 4 is 13.8 Å². The number of aliphatic carboxylic acids is 1. The van der Waals surface area contributed by atoms with E-state index in [1.807, 2.05) is 0 Å². The molecule has 0 aliphatic heterocycles. The summed E-state index contributed by atoms with van der Waals surface area (Å²) in [7, 11) is -4.60. The highest BCUT2D eigenvalue weighted by Gasteiger charge is 2.19. The number of hydrogen-bond acceptors (Lipinski definition) is 7. The maximum absolute atomic E-state index is 9.98. The number of carbonyl (C=O) groups is 1. The Morgan fingerprint density at radius 3 is 2.04 bits per heavy atom. The molecule has 0 rings (SSSR count). The van der Waals surface area contributed by atoms with Gasteiger partial charge in [-0.15, -0.1) is 0 Å². The molecule has 0 bridgehead atoms. The second-order valence-electron chi connectivity index (χ2n) is 5.90. The molecule has 27 heavy (non-hydrogen) atoms. The van der Waals surface area contributed by atoms with E-state index in [0.29, 0.717) is 6.61 Å². The van der Waals surface area contributed by atoms with Crippen molar-refractivity contribution in [1.82, 2.24) is 0 Å². The van der Waals surface area contributed by atoms with Gasteiger partial charge in [0, 0.05) is 13.2 Å². The molecule has 0 spiro atoms. The van der Waals surface area contributed by atoms with Gasteiger partial charge in [-0.2, -0.15) is 0 Å². The van der Waals surface area contributed by atoms with Gasteiger partial charge >= 0.3 is 13.8 Å². The summed E-state index contributed by atoms with van der Waals surface area (Å²) in [6.45, 7) is 5.72. The quantitative estimate of drug-likeness (QED) is 0.182. The van der Waals surface area contributed by atoms with Gasteiger partial charge in [0.05, 0.1) is 19.8 Å². The van der Waals surface area contributed by atoms with Crippen molar-refractivity contribution < 1.29 is 43.4 Å². The van der Waals surface area contributed by atoms with Crippen LogP contribution in [0, 0.1) is 0 Å². The number of phosphoric ester groups is 1. The number of ether oxygens (including phenoxy) is 2. The molecule has 0 aliphatic carbocycles. The molecule has 0 radical (unpaired) electrons. The predicted octanol–water partition coefficient (Wildman–Crippen LogP) is 1.27. The molecule has 11 heteroatoms. The first-order valence-electron chi connectivity index (χ1n) is 9.16. The van der Waals surface area contributed by atoms with Crippen LogP contribution >= 0.6 is 7.82 Å². The highest BCUT2D eigenvalue weighted by atomic mass is 31.2. The molecule has 0 aromatic rings. The number of aliphatic hydroxyl groups excluding tert-OH is 1. The Labute approximate surface area is 161 Å². The first-order chi connectivity index (χ1) is 12.7. The van der Waals surface area contributed by atoms with Crippen LogP contribution in [0.25, 0.3) is 0 Å². The van der Waals surface area contributed by atoms with Gasteiger partial charge in [0.25, 0.3) is 0 Å². The highest BCUT2D eigenvalue weighted by molar-refractivity contribution is 7.46. The van der Waals surface area contributed by atoms with Crippen molar-refractivity contribution in [3.8, 4) is 0 Å². The molecule has 164 valence electrons. The van der Waals surface area contributed by atoms with Gasteiger partial charge in [-0.05, 0) is 12.8 Å². The molecular weight excluding hydrogens is 381 g/mol. The minimum Gasteiger partial charge on any atom is -0.480 e. The van der Waals surface area contributed by atoms with E-state index in [1.165, 1.54) is 25.7 Å². The molecule has 2 atom stereocenters. The molecular formula is C16H36NO9P. The summed E-state index contributed by atoms with van der Waals surface area (Å²) in [5.74, 6) is -1.38. The highest BCUT2D eigenvalue weighted by Crippen LogP contribution is 2.35. The van der Waals surface area contributed by atoms with Crippen molar-refractivity contribution in [2.75, 3.05) is 33.0 Å². The summed E-state index contributed by atoms with van der Waals surface area (Å²) in [4.78, 5) is 26.1. The zero-order valence-electron chi connectivity index (χ0n) is 16.3. The standard InChI is InChI=1S/C13H28O3.C3H8NO6P/c1-3-5-7-9-15-12-13(11-14)16-10-8-6-4-2;4-2(3(5)6)1-10-11(7,8)9/h13-14H,3-12H2,1-2H3;2H,1,4H2,(H,5,6)(H2,7,8,9). The van der Waals surface area contributed by atoms with Gasteiger partial charge in [0.2, 0.25) is 0 Å². The number of phosphoric acid groups is 1. The van der Waals surface area contributed by atoms with Crippen molar-refractivity contribution in [2.45, 2.75) is 64.5 Å². The third-order valence-electron chi connectivity index (χ3n) is 3.24. The molecule has 0 saturated heterocycles. The van der Waals surface area contributed by atoms with E-state index in [4.69, 9.17) is 35.2 Å². The minimum absolute atomic E-state index is 0.0555. The van der Waals surface area contributed by atoms with Gasteiger partial charge in [0.15, 0.2) is 0 Å². The zero-order valence-corrected chi connectivity index (χ0v) is 17.2. The van der Waals surface area contributed by atoms with Crippen LogP contribution in [0.1, 0.15) is 52.4 Å². The first-order valence-corrected chi connectivity index (χ1v) is 10.7. The number of hydrogen-bond donors (Lipinski definition) is 5. The van der Waals surface area contributed by atoms with Crippen molar-refractivity contribution in [1.29, 1.82) is 0 Å². The second kappa shape index (κ2) is 18.8. The fraction of sp³-hybridized carbons (Fsp3) is 0.938. The lowest BCUT2D eigenvalue weighted by Gasteiger charge is -2.15. The third kappa shape index (κ3) is 23.4. The van der Waals surface area contributed by atoms with E-state index in [-0.39, 0.29) is 12.7 Å². The van der Waals surface area contributed by atoms with Crippen LogP contribution in [0.2, 0.25) is 0 Å². The lowest BCUT2D eigenvalue weighted by molar-refractivity contribution is -0.139. The Bertz CT molecular complexity index is 392. The lowest BCUT2D eigenvalue weighted by atomic mass is 10.2. The molecule has 0 aromatic carbocycles. The van der Waals surface area contributed by atoms with E-state index in [2.05, 4.69) is 18.4 Å². The Balaban J connectivity index is 0. The number of carboxylic acid groups (broad SMARTS) is 1. The Kier molecular flexibility index (Phi) is 19.9. The Morgan fingerprint density at radius 2 is 1.59 bits per heavy atom. The number of nitrogens with two attached hydrogens (primary N) is 1. The summed E-state index contributed by atoms with van der Waals surface area (Å²) in [6, 6.07) is -1.41. The minimum atomic E-state index is -4.60. The lowest BCUT2D eigenvalue weighted by Crippen LogP contribution is -2.34. The van der Waals surface area contributed by atoms with Gasteiger partial charge < -0.3 is 35.2 Å². The van der Waals surface area contributed by atoms with Crippen molar-refractivity contribution in [3.05, 3.63) is 0 Å². The molecule has 0 saturated carbocycles. The largest absolute Gasteiger partial charge is 0.480 e. The number of carboxylic acids is 1. The van der Waals surface area contributed by atoms with Crippen LogP contribution in [-0.4, -0.2) is 71.1 Å². The summed E-state index contributed by atoms with van der Waals surface area (Å²) >= 11 is 0. The maximum Gasteiger partial charge on any atom is 0.469 e. The van der Waals surface area contributed by atoms with Crippen molar-refractivity contribution in [2.24, 2.45) is 5.73 Å². The predicted molar refractivity (Wildman–Crippen MR) is 100 cm³/mol. The molecule has 0 aliphatic rings. The fourth-order valence-electron chi connectivity index (χ4n) is 1.67. The Morgan fingerprint density at radius 1 is 1.04 bits per heavy atom. The van der Waals surface area contributed by atoms with Gasteiger partial charge in [-0.1, -0.05) is 39.5 Å². The topological polar surface area (TPSA) is 169 Å². The van der Waals surface area contributed by atoms with E-state index < -0.39 is 26.4 Å². The average molecular weight is 417 g/mol. The summed E-state index contributed by atoms with van der Waals surface area (Å²) in [5.41, 5.74) is 4.86. The van der Waals surface area contributed by atoms with Crippen LogP contribution in [-0.2, 0) is 23.4 Å². The summed E-state index contributed by atoms with van der Waals surface area (Å²) in [6.07, 6.45) is 6.84. The molecule has 0 fully saturated rings. The average Bonchev–Trinajstić information content (AvgIpc) is 2.61. The SMILES string of the molecule is CCCCCOCC(CO)OCCCCC.NC(COP(=O)(O)O)C(=O)O. The monoisotopic (exact) mass is 417 g/mol. The van der Waals surface area contributed by atoms with Gasteiger partial charge in [0.1, 0.15) is 12.1 Å². The summed E-state index contributed by atoms with van der Waals surface area (Å²) in [5, 5.41) is 17.2. The normalized spacial score (nSPS) is 13.6. The van der Waals surface area contributed by atoms with Crippen LogP contribution in [0.4, 0.5) is 0 Å². The molecule has 0 heterocycles. The smallest absolute Gasteiger partial charge is 0.469 e. The van der Waals surface area contributed by atoms with Gasteiger partial charge in [-0.25, -0.2) is 4.57 Å². The molecule has 10 nitrogen and oxygen atoms in total. The zero-order chi connectivity index (χ0) is 21.1. The van der Waals surface area contributed by atoms with E-state index in [9.17, 15) is 9.36 Å². The van der Waals surface area contributed by atoms with E-state index in [1.54, 1.807) is 0 Å². The summed E-state index contributed by atoms with van der Waals surface area (Å²) < 4.78 is 24.8. The Hall–Kier alpha value is -0.580. The van der Waals surface area contributed by atoms with Crippen LogP contribution in [0.5, 0.6) is 0 Å². The molecule has 2 unspecified atom stereocenters. The van der Waals surface area contributed by atoms with Crippen LogP contribution in [0.15, 0.2) is 0 Å². The number of rotatable bonds is 16. The number of unbranched alkanes of at least 4 members (excludes halogenated alkanes) is 4. The molecule has 0 amide bonds. The van der Waals surface area contributed by atoms with Crippen LogP contribution < -0.4 is 5.73 Å². The first kappa shape index (κ1) is 28.6.